The summed E-state index contributed by atoms with van der Waals surface area (Å²) in [6, 6.07) is 11.2. The van der Waals surface area contributed by atoms with Crippen LogP contribution in [0.15, 0.2) is 67.1 Å². The third kappa shape index (κ3) is 4.40. The number of hydrogen-bond donors (Lipinski definition) is 1. The van der Waals surface area contributed by atoms with Gasteiger partial charge < -0.3 is 10.6 Å². The number of amides is 1. The molecule has 2 heterocycles. The number of imidazole rings is 1. The van der Waals surface area contributed by atoms with Crippen molar-refractivity contribution in [2.45, 2.75) is 6.18 Å². The number of halogens is 3. The minimum absolute atomic E-state index is 0.108. The van der Waals surface area contributed by atoms with E-state index in [1.54, 1.807) is 28.7 Å². The first-order chi connectivity index (χ1) is 15.8. The molecule has 0 bridgehead atoms. The van der Waals surface area contributed by atoms with Crippen LogP contribution in [-0.2, 0) is 6.18 Å². The summed E-state index contributed by atoms with van der Waals surface area (Å²) in [6.45, 7) is 7.50. The number of aromatic nitrogens is 3. The van der Waals surface area contributed by atoms with Crippen molar-refractivity contribution in [1.29, 1.82) is 0 Å². The van der Waals surface area contributed by atoms with Crippen molar-refractivity contribution in [3.63, 3.8) is 0 Å². The van der Waals surface area contributed by atoms with Crippen molar-refractivity contribution in [3.05, 3.63) is 89.8 Å². The maximum Gasteiger partial charge on any atom is 0.416 e. The van der Waals surface area contributed by atoms with E-state index in [2.05, 4.69) is 14.8 Å². The maximum absolute atomic E-state index is 13.2. The maximum atomic E-state index is 13.2. The molecule has 4 aromatic rings. The molecule has 2 aromatic heterocycles. The van der Waals surface area contributed by atoms with Gasteiger partial charge in [-0.15, -0.1) is 0 Å². The molecule has 10 heteroatoms. The van der Waals surface area contributed by atoms with Crippen LogP contribution in [0.5, 0.6) is 0 Å². The van der Waals surface area contributed by atoms with Gasteiger partial charge in [0.15, 0.2) is 11.3 Å². The van der Waals surface area contributed by atoms with E-state index in [1.807, 2.05) is 0 Å². The van der Waals surface area contributed by atoms with Gasteiger partial charge in [-0.1, -0.05) is 24.3 Å². The third-order valence-corrected chi connectivity index (χ3v) is 5.01. The lowest BCUT2D eigenvalue weighted by atomic mass is 10.1. The molecule has 0 atom stereocenters. The Bertz CT molecular complexity index is 1340. The van der Waals surface area contributed by atoms with Crippen LogP contribution in [0.2, 0.25) is 0 Å². The van der Waals surface area contributed by atoms with Gasteiger partial charge in [0.2, 0.25) is 0 Å². The summed E-state index contributed by atoms with van der Waals surface area (Å²) < 4.78 is 40.3. The van der Waals surface area contributed by atoms with E-state index in [1.165, 1.54) is 35.6 Å². The van der Waals surface area contributed by atoms with E-state index in [9.17, 15) is 18.0 Å². The number of benzene rings is 2. The summed E-state index contributed by atoms with van der Waals surface area (Å²) in [5.41, 5.74) is 7.52. The number of alkyl halides is 3. The monoisotopic (exact) mass is 450 g/mol. The van der Waals surface area contributed by atoms with Gasteiger partial charge in [0.25, 0.3) is 5.91 Å². The van der Waals surface area contributed by atoms with Crippen molar-refractivity contribution in [2.24, 2.45) is 5.73 Å². The van der Waals surface area contributed by atoms with Gasteiger partial charge in [0, 0.05) is 30.5 Å². The SMILES string of the molecule is [C-]#[N+]c1ccc(N(CCN)C(=O)c2cn3c(-c4ccc(C(F)(F)F)cc4)cnc3cn2)cc1. The lowest BCUT2D eigenvalue weighted by Crippen LogP contribution is -2.36. The van der Waals surface area contributed by atoms with Crippen molar-refractivity contribution in [2.75, 3.05) is 18.0 Å². The quantitative estimate of drug-likeness (QED) is 0.452. The highest BCUT2D eigenvalue weighted by molar-refractivity contribution is 6.04. The molecular formula is C23H17F3N6O. The van der Waals surface area contributed by atoms with Gasteiger partial charge in [0.05, 0.1) is 30.2 Å². The van der Waals surface area contributed by atoms with Gasteiger partial charge in [0.1, 0.15) is 5.69 Å². The Balaban J connectivity index is 1.70. The normalized spacial score (nSPS) is 11.4. The molecule has 4 rings (SSSR count). The molecule has 0 saturated heterocycles. The van der Waals surface area contributed by atoms with Gasteiger partial charge in [-0.25, -0.2) is 14.8 Å². The van der Waals surface area contributed by atoms with Crippen LogP contribution in [0, 0.1) is 6.57 Å². The van der Waals surface area contributed by atoms with Gasteiger partial charge >= 0.3 is 6.18 Å². The summed E-state index contributed by atoms with van der Waals surface area (Å²) in [4.78, 5) is 26.5. The van der Waals surface area contributed by atoms with Gasteiger partial charge in [-0.2, -0.15) is 13.2 Å². The zero-order valence-corrected chi connectivity index (χ0v) is 17.1. The van der Waals surface area contributed by atoms with E-state index < -0.39 is 17.6 Å². The molecule has 0 aliphatic heterocycles. The van der Waals surface area contributed by atoms with Crippen LogP contribution in [0.3, 0.4) is 0 Å². The minimum Gasteiger partial charge on any atom is -0.329 e. The van der Waals surface area contributed by atoms with E-state index in [-0.39, 0.29) is 18.8 Å². The van der Waals surface area contributed by atoms with E-state index in [0.717, 1.165) is 12.1 Å². The standard InChI is InChI=1S/C23H17F3N6O/c1-28-17-6-8-18(9-7-17)31(11-10-27)22(33)19-14-32-20(12-30-21(32)13-29-19)15-2-4-16(5-3-15)23(24,25)26/h2-9,12-14H,10-11,27H2. The molecule has 2 N–H and O–H groups in total. The minimum atomic E-state index is -4.43. The summed E-state index contributed by atoms with van der Waals surface area (Å²) in [5.74, 6) is -0.412. The predicted octanol–water partition coefficient (Wildman–Crippen LogP) is 4.57. The number of anilines is 1. The average Bonchev–Trinajstić information content (AvgIpc) is 3.25. The second kappa shape index (κ2) is 8.72. The number of hydrogen-bond acceptors (Lipinski definition) is 4. The first-order valence-corrected chi connectivity index (χ1v) is 9.82. The Labute approximate surface area is 186 Å². The van der Waals surface area contributed by atoms with E-state index >= 15 is 0 Å². The van der Waals surface area contributed by atoms with E-state index in [0.29, 0.717) is 28.3 Å². The zero-order chi connectivity index (χ0) is 23.6. The predicted molar refractivity (Wildman–Crippen MR) is 117 cm³/mol. The fraction of sp³-hybridized carbons (Fsp3) is 0.130. The first-order valence-electron chi connectivity index (χ1n) is 9.82. The number of fused-ring (bicyclic) bond motifs is 1. The number of carbonyl (C=O) groups is 1. The summed E-state index contributed by atoms with van der Waals surface area (Å²) in [7, 11) is 0. The summed E-state index contributed by atoms with van der Waals surface area (Å²) >= 11 is 0. The highest BCUT2D eigenvalue weighted by Gasteiger charge is 2.30. The van der Waals surface area contributed by atoms with Crippen LogP contribution in [0.4, 0.5) is 24.5 Å². The van der Waals surface area contributed by atoms with Gasteiger partial charge in [-0.3, -0.25) is 9.20 Å². The van der Waals surface area contributed by atoms with Gasteiger partial charge in [-0.05, 0) is 24.3 Å². The van der Waals surface area contributed by atoms with Crippen LogP contribution in [-0.4, -0.2) is 33.4 Å². The molecule has 7 nitrogen and oxygen atoms in total. The Morgan fingerprint density at radius 1 is 1.06 bits per heavy atom. The van der Waals surface area contributed by atoms with Crippen molar-refractivity contribution in [1.82, 2.24) is 14.4 Å². The van der Waals surface area contributed by atoms with Crippen LogP contribution in [0.1, 0.15) is 16.1 Å². The zero-order valence-electron chi connectivity index (χ0n) is 17.1. The molecule has 0 radical (unpaired) electrons. The van der Waals surface area contributed by atoms with Crippen molar-refractivity contribution >= 4 is 22.9 Å². The molecule has 0 saturated carbocycles. The Morgan fingerprint density at radius 2 is 1.76 bits per heavy atom. The van der Waals surface area contributed by atoms with Crippen molar-refractivity contribution in [3.8, 4) is 11.3 Å². The van der Waals surface area contributed by atoms with E-state index in [4.69, 9.17) is 12.3 Å². The molecule has 33 heavy (non-hydrogen) atoms. The molecule has 0 fully saturated rings. The number of nitrogens with two attached hydrogens (primary N) is 1. The topological polar surface area (TPSA) is 80.9 Å². The molecular weight excluding hydrogens is 433 g/mol. The summed E-state index contributed by atoms with van der Waals surface area (Å²) in [6.07, 6.45) is -0.00622. The van der Waals surface area contributed by atoms with Crippen molar-refractivity contribution < 1.29 is 18.0 Å². The highest BCUT2D eigenvalue weighted by atomic mass is 19.4. The first kappa shape index (κ1) is 22.0. The Morgan fingerprint density at radius 3 is 2.36 bits per heavy atom. The van der Waals surface area contributed by atoms with Crippen LogP contribution in [0.25, 0.3) is 21.7 Å². The fourth-order valence-electron chi connectivity index (χ4n) is 3.37. The second-order valence-electron chi connectivity index (χ2n) is 7.09. The molecule has 0 aliphatic carbocycles. The molecule has 2 aromatic carbocycles. The second-order valence-corrected chi connectivity index (χ2v) is 7.09. The largest absolute Gasteiger partial charge is 0.416 e. The molecule has 0 spiro atoms. The van der Waals surface area contributed by atoms with Crippen LogP contribution < -0.4 is 10.6 Å². The van der Waals surface area contributed by atoms with Crippen LogP contribution >= 0.6 is 0 Å². The number of carbonyl (C=O) groups excluding carboxylic acids is 1. The Hall–Kier alpha value is -4.23. The fourth-order valence-corrected chi connectivity index (χ4v) is 3.37. The molecule has 166 valence electrons. The third-order valence-electron chi connectivity index (χ3n) is 5.01. The molecule has 0 unspecified atom stereocenters. The highest BCUT2D eigenvalue weighted by Crippen LogP contribution is 2.31. The summed E-state index contributed by atoms with van der Waals surface area (Å²) in [5, 5.41) is 0. The Kier molecular flexibility index (Phi) is 5.81. The number of nitrogens with zero attached hydrogens (tertiary/aromatic N) is 5. The smallest absolute Gasteiger partial charge is 0.329 e. The molecule has 0 aliphatic rings. The lowest BCUT2D eigenvalue weighted by molar-refractivity contribution is -0.137. The average molecular weight is 450 g/mol. The number of rotatable bonds is 5. The molecule has 1 amide bonds. The lowest BCUT2D eigenvalue weighted by Gasteiger charge is -2.22.